The predicted octanol–water partition coefficient (Wildman–Crippen LogP) is 19.0. The average molecular weight is 968 g/mol. The Kier molecular flexibility index (Phi) is 53.5. The van der Waals surface area contributed by atoms with E-state index in [1.165, 1.54) is 96.3 Å². The summed E-state index contributed by atoms with van der Waals surface area (Å²) in [6.45, 7) is 6.38. The van der Waals surface area contributed by atoms with Gasteiger partial charge in [-0.15, -0.1) is 0 Å². The maximum absolute atomic E-state index is 12.8. The van der Waals surface area contributed by atoms with Crippen molar-refractivity contribution in [3.8, 4) is 0 Å². The number of hydrogen-bond acceptors (Lipinski definition) is 6. The number of allylic oxidation sites excluding steroid dienone is 22. The van der Waals surface area contributed by atoms with Gasteiger partial charge in [0.15, 0.2) is 6.10 Å². The summed E-state index contributed by atoms with van der Waals surface area (Å²) in [6, 6.07) is 0. The third-order valence-corrected chi connectivity index (χ3v) is 11.5. The van der Waals surface area contributed by atoms with Crippen molar-refractivity contribution in [1.82, 2.24) is 0 Å². The quantitative estimate of drug-likeness (QED) is 0.0199. The SMILES string of the molecule is CC\C=C/C=C\C=C/C=C\C=C\C=C/CCCCCC(=O)OC(COC(=O)CCC/C=C\C/C=C\C/C=C\CCCCCCCC)COC(=O)CCCCCCC/C=C\C=C/CCCCCCCCC. The van der Waals surface area contributed by atoms with Gasteiger partial charge in [-0.2, -0.15) is 0 Å². The van der Waals surface area contributed by atoms with Crippen LogP contribution in [-0.4, -0.2) is 37.2 Å². The zero-order valence-electron chi connectivity index (χ0n) is 45.0. The Labute approximate surface area is 430 Å². The van der Waals surface area contributed by atoms with Gasteiger partial charge in [-0.1, -0.05) is 251 Å². The first kappa shape index (κ1) is 65.5. The van der Waals surface area contributed by atoms with Crippen molar-refractivity contribution in [2.45, 2.75) is 239 Å². The topological polar surface area (TPSA) is 78.9 Å². The minimum absolute atomic E-state index is 0.125. The smallest absolute Gasteiger partial charge is 0.306 e. The van der Waals surface area contributed by atoms with E-state index in [1.807, 2.05) is 60.8 Å². The monoisotopic (exact) mass is 967 g/mol. The van der Waals surface area contributed by atoms with Crippen LogP contribution < -0.4 is 0 Å². The van der Waals surface area contributed by atoms with Gasteiger partial charge >= 0.3 is 17.9 Å². The first-order valence-electron chi connectivity index (χ1n) is 28.3. The van der Waals surface area contributed by atoms with Gasteiger partial charge in [-0.05, 0) is 96.3 Å². The van der Waals surface area contributed by atoms with Crippen molar-refractivity contribution in [3.05, 3.63) is 134 Å². The summed E-state index contributed by atoms with van der Waals surface area (Å²) in [5.74, 6) is -1.04. The molecule has 0 amide bonds. The van der Waals surface area contributed by atoms with E-state index in [0.717, 1.165) is 83.5 Å². The summed E-state index contributed by atoms with van der Waals surface area (Å²) in [5, 5.41) is 0. The lowest BCUT2D eigenvalue weighted by molar-refractivity contribution is -0.167. The molecule has 0 fully saturated rings. The molecule has 0 N–H and O–H groups in total. The second-order valence-corrected chi connectivity index (χ2v) is 18.3. The van der Waals surface area contributed by atoms with Crippen molar-refractivity contribution in [2.24, 2.45) is 0 Å². The first-order valence-corrected chi connectivity index (χ1v) is 28.3. The lowest BCUT2D eigenvalue weighted by atomic mass is 10.1. The van der Waals surface area contributed by atoms with Crippen LogP contribution in [0.4, 0.5) is 0 Å². The maximum atomic E-state index is 12.8. The Balaban J connectivity index is 4.60. The first-order chi connectivity index (χ1) is 34.5. The Morgan fingerprint density at radius 1 is 0.314 bits per heavy atom. The number of rotatable bonds is 49. The van der Waals surface area contributed by atoms with E-state index in [0.29, 0.717) is 19.3 Å². The molecule has 0 saturated heterocycles. The van der Waals surface area contributed by atoms with Gasteiger partial charge in [0.2, 0.25) is 0 Å². The highest BCUT2D eigenvalue weighted by Gasteiger charge is 2.19. The largest absolute Gasteiger partial charge is 0.462 e. The van der Waals surface area contributed by atoms with Crippen molar-refractivity contribution < 1.29 is 28.6 Å². The van der Waals surface area contributed by atoms with Crippen LogP contribution in [0, 0.1) is 0 Å². The molecule has 0 radical (unpaired) electrons. The molecular formula is C64H102O6. The van der Waals surface area contributed by atoms with E-state index in [-0.39, 0.29) is 44.0 Å². The summed E-state index contributed by atoms with van der Waals surface area (Å²) in [7, 11) is 0. The van der Waals surface area contributed by atoms with Crippen LogP contribution in [0.5, 0.6) is 0 Å². The van der Waals surface area contributed by atoms with Crippen molar-refractivity contribution in [1.29, 1.82) is 0 Å². The third-order valence-electron chi connectivity index (χ3n) is 11.5. The van der Waals surface area contributed by atoms with Gasteiger partial charge in [0, 0.05) is 19.3 Å². The second-order valence-electron chi connectivity index (χ2n) is 18.3. The van der Waals surface area contributed by atoms with Gasteiger partial charge in [0.25, 0.3) is 0 Å². The summed E-state index contributed by atoms with van der Waals surface area (Å²) < 4.78 is 16.8. The number of carbonyl (C=O) groups is 3. The highest BCUT2D eigenvalue weighted by Crippen LogP contribution is 2.13. The lowest BCUT2D eigenvalue weighted by Crippen LogP contribution is -2.30. The molecule has 1 unspecified atom stereocenters. The number of esters is 3. The van der Waals surface area contributed by atoms with Gasteiger partial charge in [-0.3, -0.25) is 14.4 Å². The summed E-state index contributed by atoms with van der Waals surface area (Å²) >= 11 is 0. The van der Waals surface area contributed by atoms with Gasteiger partial charge < -0.3 is 14.2 Å². The molecule has 0 bridgehead atoms. The van der Waals surface area contributed by atoms with Gasteiger partial charge in [0.1, 0.15) is 13.2 Å². The number of ether oxygens (including phenoxy) is 3. The Morgan fingerprint density at radius 3 is 1.09 bits per heavy atom. The molecule has 6 nitrogen and oxygen atoms in total. The third kappa shape index (κ3) is 54.5. The minimum Gasteiger partial charge on any atom is -0.462 e. The Hall–Kier alpha value is -4.45. The molecule has 6 heteroatoms. The standard InChI is InChI=1S/C64H102O6/c1-4-7-10-13-16-19-22-25-28-31-34-36-39-42-45-48-51-54-57-63(66)69-60-61(70-64(67)58-55-52-49-46-43-40-37-33-30-27-24-21-18-15-12-9-6-3)59-68-62(65)56-53-50-47-44-41-38-35-32-29-26-23-20-17-14-11-8-5-2/h9,12,15,18,21,24,26-31,33-38,40,43-44,47,61H,4-8,10-11,13-14,16-17,19-20,22-23,25,32,39,41-42,45-46,48-60H2,1-3H3/b12-9-,18-15-,24-21-,29-26-,30-27-,31-28-,36-34-,37-33+,38-35-,43-40-,47-44-. The normalized spacial score (nSPS) is 13.1. The molecular weight excluding hydrogens is 865 g/mol. The van der Waals surface area contributed by atoms with Gasteiger partial charge in [-0.25, -0.2) is 0 Å². The molecule has 1 atom stereocenters. The number of carbonyl (C=O) groups excluding carboxylic acids is 3. The zero-order valence-corrected chi connectivity index (χ0v) is 45.0. The van der Waals surface area contributed by atoms with Crippen molar-refractivity contribution in [3.63, 3.8) is 0 Å². The molecule has 70 heavy (non-hydrogen) atoms. The van der Waals surface area contributed by atoms with Crippen LogP contribution in [0.25, 0.3) is 0 Å². The molecule has 394 valence electrons. The van der Waals surface area contributed by atoms with Gasteiger partial charge in [0.05, 0.1) is 0 Å². The Morgan fingerprint density at radius 2 is 0.629 bits per heavy atom. The fourth-order valence-electron chi connectivity index (χ4n) is 7.30. The Bertz CT molecular complexity index is 1530. The maximum Gasteiger partial charge on any atom is 0.306 e. The van der Waals surface area contributed by atoms with E-state index in [2.05, 4.69) is 93.7 Å². The number of unbranched alkanes of at least 4 members (excludes halogenated alkanes) is 22. The lowest BCUT2D eigenvalue weighted by Gasteiger charge is -2.18. The highest BCUT2D eigenvalue weighted by atomic mass is 16.6. The zero-order chi connectivity index (χ0) is 50.7. The minimum atomic E-state index is -0.834. The molecule has 0 heterocycles. The van der Waals surface area contributed by atoms with Crippen LogP contribution >= 0.6 is 0 Å². The van der Waals surface area contributed by atoms with E-state index in [4.69, 9.17) is 14.2 Å². The highest BCUT2D eigenvalue weighted by molar-refractivity contribution is 5.71. The summed E-state index contributed by atoms with van der Waals surface area (Å²) in [5.41, 5.74) is 0. The summed E-state index contributed by atoms with van der Waals surface area (Å²) in [6.07, 6.45) is 80.1. The molecule has 0 saturated carbocycles. The van der Waals surface area contributed by atoms with Crippen LogP contribution in [0.3, 0.4) is 0 Å². The van der Waals surface area contributed by atoms with Crippen LogP contribution in [0.2, 0.25) is 0 Å². The molecule has 0 aliphatic rings. The average Bonchev–Trinajstić information content (AvgIpc) is 3.36. The fourth-order valence-corrected chi connectivity index (χ4v) is 7.30. The second kappa shape index (κ2) is 57.1. The predicted molar refractivity (Wildman–Crippen MR) is 302 cm³/mol. The molecule has 0 aromatic carbocycles. The van der Waals surface area contributed by atoms with Crippen molar-refractivity contribution >= 4 is 17.9 Å². The van der Waals surface area contributed by atoms with E-state index in [1.54, 1.807) is 0 Å². The molecule has 0 aromatic rings. The van der Waals surface area contributed by atoms with Crippen LogP contribution in [0.15, 0.2) is 134 Å². The molecule has 0 spiro atoms. The van der Waals surface area contributed by atoms with E-state index in [9.17, 15) is 14.4 Å². The molecule has 0 rings (SSSR count). The number of hydrogen-bond donors (Lipinski definition) is 0. The fraction of sp³-hybridized carbons (Fsp3) is 0.609. The summed E-state index contributed by atoms with van der Waals surface area (Å²) in [4.78, 5) is 38.1. The van der Waals surface area contributed by atoms with Crippen molar-refractivity contribution in [2.75, 3.05) is 13.2 Å². The van der Waals surface area contributed by atoms with E-state index >= 15 is 0 Å². The molecule has 0 aliphatic carbocycles. The molecule has 0 aliphatic heterocycles. The van der Waals surface area contributed by atoms with E-state index < -0.39 is 6.10 Å². The molecule has 0 aromatic heterocycles. The van der Waals surface area contributed by atoms with Crippen LogP contribution in [-0.2, 0) is 28.6 Å². The van der Waals surface area contributed by atoms with Crippen LogP contribution in [0.1, 0.15) is 233 Å².